The zero-order valence-electron chi connectivity index (χ0n) is 23.1. The first-order valence-corrected chi connectivity index (χ1v) is 13.4. The molecule has 1 saturated carbocycles. The highest BCUT2D eigenvalue weighted by molar-refractivity contribution is 5.72. The Labute approximate surface area is 227 Å². The number of nitrogens with one attached hydrogen (secondary N) is 1. The molecule has 3 unspecified atom stereocenters. The van der Waals surface area contributed by atoms with Gasteiger partial charge in [-0.1, -0.05) is 30.7 Å². The summed E-state index contributed by atoms with van der Waals surface area (Å²) in [6, 6.07) is 8.74. The average Bonchev–Trinajstić information content (AvgIpc) is 3.17. The Morgan fingerprint density at radius 3 is 2.59 bits per heavy atom. The van der Waals surface area contributed by atoms with E-state index in [1.165, 1.54) is 10.7 Å². The van der Waals surface area contributed by atoms with E-state index in [-0.39, 0.29) is 40.7 Å². The van der Waals surface area contributed by atoms with Crippen molar-refractivity contribution < 1.29 is 28.5 Å². The molecule has 3 aromatic rings. The number of rotatable bonds is 8. The Morgan fingerprint density at radius 1 is 1.18 bits per heavy atom. The van der Waals surface area contributed by atoms with Crippen LogP contribution >= 0.6 is 0 Å². The number of para-hydroxylation sites is 1. The maximum absolute atomic E-state index is 15.1. The minimum Gasteiger partial charge on any atom is -0.507 e. The quantitative estimate of drug-likeness (QED) is 0.270. The second-order valence-corrected chi connectivity index (χ2v) is 10.6. The number of benzene rings is 2. The normalized spacial score (nSPS) is 18.5. The van der Waals surface area contributed by atoms with Crippen LogP contribution in [0, 0.1) is 26.7 Å². The summed E-state index contributed by atoms with van der Waals surface area (Å²) in [5.41, 5.74) is 3.62. The number of phenolic OH excluding ortho intramolecular Hbond substituents is 1. The number of carbonyl (C=O) groups is 1. The zero-order valence-corrected chi connectivity index (χ0v) is 23.1. The standard InChI is InChI=1S/C30H37F2N3O4/c1-6-39-29(38)21-10-7-9-20(16-21)23-11-8-12-24(26(23)36)27(30(5,31)32)33-25-19(4)34-35(28(25)37)22-14-13-17(2)18(3)15-22/h8,11-15,20-21,27,33,36-37H,6-7,9-10,16H2,1-5H3. The van der Waals surface area contributed by atoms with Crippen molar-refractivity contribution in [2.75, 3.05) is 11.9 Å². The minimum absolute atomic E-state index is 0.0102. The summed E-state index contributed by atoms with van der Waals surface area (Å²) < 4.78 is 36.7. The zero-order chi connectivity index (χ0) is 28.5. The fourth-order valence-electron chi connectivity index (χ4n) is 5.43. The van der Waals surface area contributed by atoms with E-state index in [1.54, 1.807) is 32.0 Å². The van der Waals surface area contributed by atoms with E-state index in [0.29, 0.717) is 36.4 Å². The van der Waals surface area contributed by atoms with Crippen molar-refractivity contribution in [3.63, 3.8) is 0 Å². The van der Waals surface area contributed by atoms with Crippen LogP contribution in [0.2, 0.25) is 0 Å². The van der Waals surface area contributed by atoms with Crippen LogP contribution in [0.3, 0.4) is 0 Å². The summed E-state index contributed by atoms with van der Waals surface area (Å²) in [6.45, 7) is 8.37. The van der Waals surface area contributed by atoms with Crippen LogP contribution in [0.5, 0.6) is 11.6 Å². The van der Waals surface area contributed by atoms with Gasteiger partial charge in [-0.2, -0.15) is 9.78 Å². The van der Waals surface area contributed by atoms with Crippen molar-refractivity contribution in [2.45, 2.75) is 78.2 Å². The number of ether oxygens (including phenoxy) is 1. The summed E-state index contributed by atoms with van der Waals surface area (Å²) >= 11 is 0. The molecule has 1 aliphatic carbocycles. The molecule has 1 aliphatic rings. The molecule has 3 N–H and O–H groups in total. The lowest BCUT2D eigenvalue weighted by Crippen LogP contribution is -2.30. The fraction of sp³-hybridized carbons (Fsp3) is 0.467. The first-order valence-electron chi connectivity index (χ1n) is 13.4. The molecule has 9 heteroatoms. The van der Waals surface area contributed by atoms with Gasteiger partial charge in [-0.05, 0) is 81.7 Å². The number of aryl methyl sites for hydroxylation is 3. The van der Waals surface area contributed by atoms with Gasteiger partial charge < -0.3 is 20.3 Å². The molecule has 0 bridgehead atoms. The van der Waals surface area contributed by atoms with Gasteiger partial charge in [0.05, 0.1) is 23.9 Å². The van der Waals surface area contributed by atoms with Crippen molar-refractivity contribution in [3.05, 3.63) is 64.3 Å². The predicted octanol–water partition coefficient (Wildman–Crippen LogP) is 6.85. The van der Waals surface area contributed by atoms with Crippen LogP contribution in [0.1, 0.15) is 79.4 Å². The molecule has 210 valence electrons. The Morgan fingerprint density at radius 2 is 1.92 bits per heavy atom. The predicted molar refractivity (Wildman–Crippen MR) is 146 cm³/mol. The lowest BCUT2D eigenvalue weighted by Gasteiger charge is -2.31. The van der Waals surface area contributed by atoms with Crippen LogP contribution in [-0.4, -0.2) is 38.5 Å². The van der Waals surface area contributed by atoms with Gasteiger partial charge >= 0.3 is 5.97 Å². The van der Waals surface area contributed by atoms with Crippen molar-refractivity contribution >= 4 is 11.7 Å². The Balaban J connectivity index is 1.68. The molecule has 3 atom stereocenters. The van der Waals surface area contributed by atoms with E-state index >= 15 is 8.78 Å². The Hall–Kier alpha value is -3.62. The second-order valence-electron chi connectivity index (χ2n) is 10.6. The van der Waals surface area contributed by atoms with E-state index in [1.807, 2.05) is 26.0 Å². The van der Waals surface area contributed by atoms with E-state index in [2.05, 4.69) is 10.4 Å². The summed E-state index contributed by atoms with van der Waals surface area (Å²) in [7, 11) is 0. The van der Waals surface area contributed by atoms with Crippen molar-refractivity contribution in [1.82, 2.24) is 9.78 Å². The van der Waals surface area contributed by atoms with Gasteiger partial charge in [-0.15, -0.1) is 0 Å². The molecule has 0 amide bonds. The lowest BCUT2D eigenvalue weighted by atomic mass is 9.77. The van der Waals surface area contributed by atoms with Crippen LogP contribution in [0.15, 0.2) is 36.4 Å². The molecule has 0 radical (unpaired) electrons. The number of carbonyl (C=O) groups excluding carboxylic acids is 1. The molecule has 0 saturated heterocycles. The van der Waals surface area contributed by atoms with Gasteiger partial charge in [0.1, 0.15) is 17.5 Å². The number of hydrogen-bond donors (Lipinski definition) is 3. The van der Waals surface area contributed by atoms with Gasteiger partial charge in [0, 0.05) is 12.5 Å². The molecular formula is C30H37F2N3O4. The van der Waals surface area contributed by atoms with Gasteiger partial charge in [0.2, 0.25) is 5.88 Å². The summed E-state index contributed by atoms with van der Waals surface area (Å²) in [6.07, 6.45) is 2.69. The third kappa shape index (κ3) is 5.87. The first-order chi connectivity index (χ1) is 18.4. The van der Waals surface area contributed by atoms with Crippen LogP contribution in [-0.2, 0) is 9.53 Å². The molecular weight excluding hydrogens is 504 g/mol. The average molecular weight is 542 g/mol. The highest BCUT2D eigenvalue weighted by Gasteiger charge is 2.40. The third-order valence-corrected chi connectivity index (χ3v) is 7.71. The van der Waals surface area contributed by atoms with Crippen LogP contribution < -0.4 is 5.32 Å². The maximum Gasteiger partial charge on any atom is 0.308 e. The number of anilines is 1. The smallest absolute Gasteiger partial charge is 0.308 e. The number of aromatic nitrogens is 2. The molecule has 1 heterocycles. The number of alkyl halides is 2. The molecule has 4 rings (SSSR count). The monoisotopic (exact) mass is 541 g/mol. The van der Waals surface area contributed by atoms with Gasteiger partial charge in [-0.3, -0.25) is 4.79 Å². The highest BCUT2D eigenvalue weighted by atomic mass is 19.3. The first kappa shape index (κ1) is 28.4. The molecule has 2 aromatic carbocycles. The molecule has 7 nitrogen and oxygen atoms in total. The Bertz CT molecular complexity index is 1350. The third-order valence-electron chi connectivity index (χ3n) is 7.71. The number of aromatic hydroxyl groups is 2. The summed E-state index contributed by atoms with van der Waals surface area (Å²) in [5.74, 6) is -4.55. The summed E-state index contributed by atoms with van der Waals surface area (Å²) in [5, 5.41) is 29.5. The van der Waals surface area contributed by atoms with Crippen molar-refractivity contribution in [1.29, 1.82) is 0 Å². The lowest BCUT2D eigenvalue weighted by molar-refractivity contribution is -0.149. The van der Waals surface area contributed by atoms with E-state index < -0.39 is 12.0 Å². The van der Waals surface area contributed by atoms with Crippen molar-refractivity contribution in [3.8, 4) is 17.3 Å². The number of nitrogens with zero attached hydrogens (tertiary/aromatic N) is 2. The topological polar surface area (TPSA) is 96.6 Å². The fourth-order valence-corrected chi connectivity index (χ4v) is 5.43. The second kappa shape index (κ2) is 11.2. The van der Waals surface area contributed by atoms with Gasteiger partial charge in [0.15, 0.2) is 0 Å². The largest absolute Gasteiger partial charge is 0.507 e. The number of esters is 1. The molecule has 39 heavy (non-hydrogen) atoms. The number of hydrogen-bond acceptors (Lipinski definition) is 6. The van der Waals surface area contributed by atoms with Crippen LogP contribution in [0.4, 0.5) is 14.5 Å². The van der Waals surface area contributed by atoms with E-state index in [4.69, 9.17) is 4.74 Å². The molecule has 1 fully saturated rings. The maximum atomic E-state index is 15.1. The van der Waals surface area contributed by atoms with E-state index in [9.17, 15) is 15.0 Å². The van der Waals surface area contributed by atoms with Crippen molar-refractivity contribution in [2.24, 2.45) is 5.92 Å². The summed E-state index contributed by atoms with van der Waals surface area (Å²) in [4.78, 5) is 12.3. The molecule has 0 aliphatic heterocycles. The number of phenols is 1. The minimum atomic E-state index is -3.31. The molecule has 1 aromatic heterocycles. The van der Waals surface area contributed by atoms with E-state index in [0.717, 1.165) is 30.9 Å². The SMILES string of the molecule is CCOC(=O)C1CCCC(c2cccc(C(Nc3c(C)nn(-c4ccc(C)c(C)c4)c3O)C(C)(F)F)c2O)C1. The van der Waals surface area contributed by atoms with Gasteiger partial charge in [0.25, 0.3) is 5.92 Å². The molecule has 0 spiro atoms. The Kier molecular flexibility index (Phi) is 8.18. The van der Waals surface area contributed by atoms with Crippen LogP contribution in [0.25, 0.3) is 5.69 Å². The number of halogens is 2. The highest BCUT2D eigenvalue weighted by Crippen LogP contribution is 2.46. The van der Waals surface area contributed by atoms with Gasteiger partial charge in [-0.25, -0.2) is 8.78 Å².